The fourth-order valence-electron chi connectivity index (χ4n) is 2.79. The van der Waals surface area contributed by atoms with Crippen LogP contribution < -0.4 is 5.73 Å². The van der Waals surface area contributed by atoms with Crippen molar-refractivity contribution in [2.24, 2.45) is 16.6 Å². The highest BCUT2D eigenvalue weighted by Gasteiger charge is 2.34. The summed E-state index contributed by atoms with van der Waals surface area (Å²) in [5.41, 5.74) is 6.03. The molecule has 18 heavy (non-hydrogen) atoms. The van der Waals surface area contributed by atoms with E-state index in [1.165, 1.54) is 11.3 Å². The summed E-state index contributed by atoms with van der Waals surface area (Å²) in [6.45, 7) is 3.47. The summed E-state index contributed by atoms with van der Waals surface area (Å²) in [4.78, 5) is 8.02. The summed E-state index contributed by atoms with van der Waals surface area (Å²) in [5, 5.41) is 2.11. The Labute approximate surface area is 111 Å². The van der Waals surface area contributed by atoms with Crippen LogP contribution in [0, 0.1) is 5.92 Å². The molecule has 2 N–H and O–H groups in total. The topological polar surface area (TPSA) is 50.9 Å². The highest BCUT2D eigenvalue weighted by molar-refractivity contribution is 7.09. The average molecular weight is 265 g/mol. The van der Waals surface area contributed by atoms with E-state index in [0.717, 1.165) is 32.7 Å². The molecular weight excluding hydrogens is 246 g/mol. The molecule has 1 saturated heterocycles. The third kappa shape index (κ3) is 2.37. The quantitative estimate of drug-likeness (QED) is 0.904. The van der Waals surface area contributed by atoms with Gasteiger partial charge in [0.1, 0.15) is 0 Å². The maximum absolute atomic E-state index is 6.03. The minimum atomic E-state index is 0.424. The molecule has 0 aliphatic carbocycles. The zero-order valence-electron chi connectivity index (χ0n) is 10.4. The molecule has 5 heteroatoms. The lowest BCUT2D eigenvalue weighted by atomic mass is 9.93. The van der Waals surface area contributed by atoms with Gasteiger partial charge < -0.3 is 15.4 Å². The van der Waals surface area contributed by atoms with E-state index in [-0.39, 0.29) is 0 Å². The smallest absolute Gasteiger partial charge is 0.191 e. The van der Waals surface area contributed by atoms with E-state index in [0.29, 0.717) is 17.9 Å². The summed E-state index contributed by atoms with van der Waals surface area (Å²) in [6, 6.07) is 4.67. The lowest BCUT2D eigenvalue weighted by Gasteiger charge is -2.34. The van der Waals surface area contributed by atoms with Crippen LogP contribution in [0.4, 0.5) is 0 Å². The van der Waals surface area contributed by atoms with Crippen molar-refractivity contribution < 1.29 is 4.74 Å². The standard InChI is InChI=1S/C13H19N3OS/c14-13-15-7-12(10-3-1-5-17-9-10)16(13)8-11-4-2-6-18-11/h2,4,6,10,12H,1,3,5,7-9H2,(H2,14,15). The number of guanidine groups is 1. The van der Waals surface area contributed by atoms with Gasteiger partial charge in [-0.1, -0.05) is 6.07 Å². The highest BCUT2D eigenvalue weighted by atomic mass is 32.1. The highest BCUT2D eigenvalue weighted by Crippen LogP contribution is 2.26. The first kappa shape index (κ1) is 12.0. The SMILES string of the molecule is NC1=NCC(C2CCCOC2)N1Cc1cccs1. The third-order valence-corrected chi connectivity index (χ3v) is 4.64. The van der Waals surface area contributed by atoms with E-state index >= 15 is 0 Å². The first-order valence-corrected chi connectivity index (χ1v) is 7.39. The Balaban J connectivity index is 1.70. The molecule has 2 aliphatic heterocycles. The van der Waals surface area contributed by atoms with E-state index in [1.807, 2.05) is 0 Å². The van der Waals surface area contributed by atoms with Gasteiger partial charge in [0.2, 0.25) is 0 Å². The van der Waals surface area contributed by atoms with Crippen molar-refractivity contribution in [3.8, 4) is 0 Å². The Morgan fingerprint density at radius 3 is 3.22 bits per heavy atom. The van der Waals surface area contributed by atoms with Crippen LogP contribution in [0.1, 0.15) is 17.7 Å². The minimum absolute atomic E-state index is 0.424. The van der Waals surface area contributed by atoms with Crippen molar-refractivity contribution in [2.75, 3.05) is 19.8 Å². The largest absolute Gasteiger partial charge is 0.381 e. The van der Waals surface area contributed by atoms with E-state index in [2.05, 4.69) is 27.4 Å². The average Bonchev–Trinajstić information content (AvgIpc) is 3.03. The Morgan fingerprint density at radius 1 is 1.56 bits per heavy atom. The van der Waals surface area contributed by atoms with Gasteiger partial charge in [-0.3, -0.25) is 4.99 Å². The van der Waals surface area contributed by atoms with Crippen molar-refractivity contribution in [1.29, 1.82) is 0 Å². The maximum Gasteiger partial charge on any atom is 0.191 e. The van der Waals surface area contributed by atoms with Crippen LogP contribution in [0.3, 0.4) is 0 Å². The lowest BCUT2D eigenvalue weighted by Crippen LogP contribution is -2.46. The third-order valence-electron chi connectivity index (χ3n) is 3.78. The number of hydrogen-bond donors (Lipinski definition) is 1. The van der Waals surface area contributed by atoms with Crippen LogP contribution >= 0.6 is 11.3 Å². The molecule has 4 nitrogen and oxygen atoms in total. The van der Waals surface area contributed by atoms with E-state index in [1.54, 1.807) is 11.3 Å². The molecule has 0 saturated carbocycles. The van der Waals surface area contributed by atoms with Gasteiger partial charge in [0.15, 0.2) is 5.96 Å². The van der Waals surface area contributed by atoms with Crippen LogP contribution in [0.2, 0.25) is 0 Å². The molecule has 0 bridgehead atoms. The summed E-state index contributed by atoms with van der Waals surface area (Å²) in [7, 11) is 0. The molecule has 0 radical (unpaired) electrons. The molecule has 0 aromatic carbocycles. The van der Waals surface area contributed by atoms with E-state index in [4.69, 9.17) is 10.5 Å². The number of rotatable bonds is 3. The maximum atomic E-state index is 6.03. The van der Waals surface area contributed by atoms with Crippen LogP contribution in [0.5, 0.6) is 0 Å². The Kier molecular flexibility index (Phi) is 3.52. The fourth-order valence-corrected chi connectivity index (χ4v) is 3.49. The summed E-state index contributed by atoms with van der Waals surface area (Å²) >= 11 is 1.78. The van der Waals surface area contributed by atoms with E-state index < -0.39 is 0 Å². The Bertz CT molecular complexity index is 412. The van der Waals surface area contributed by atoms with Crippen molar-refractivity contribution in [1.82, 2.24) is 4.90 Å². The number of ether oxygens (including phenoxy) is 1. The second-order valence-electron chi connectivity index (χ2n) is 4.95. The molecule has 2 atom stereocenters. The summed E-state index contributed by atoms with van der Waals surface area (Å²) in [6.07, 6.45) is 2.39. The number of thiophene rings is 1. The zero-order valence-corrected chi connectivity index (χ0v) is 11.2. The van der Waals surface area contributed by atoms with Gasteiger partial charge in [0.25, 0.3) is 0 Å². The second kappa shape index (κ2) is 5.28. The fraction of sp³-hybridized carbons (Fsp3) is 0.615. The molecule has 1 fully saturated rings. The number of aliphatic imine (C=N–C) groups is 1. The lowest BCUT2D eigenvalue weighted by molar-refractivity contribution is 0.0276. The van der Waals surface area contributed by atoms with Crippen LogP contribution in [-0.2, 0) is 11.3 Å². The molecule has 2 aliphatic rings. The molecule has 1 aromatic heterocycles. The first-order valence-electron chi connectivity index (χ1n) is 6.51. The molecule has 1 aromatic rings. The predicted octanol–water partition coefficient (Wildman–Crippen LogP) is 1.67. The first-order chi connectivity index (χ1) is 8.84. The van der Waals surface area contributed by atoms with Crippen molar-refractivity contribution >= 4 is 17.3 Å². The number of nitrogens with two attached hydrogens (primary N) is 1. The summed E-state index contributed by atoms with van der Waals surface area (Å²) in [5.74, 6) is 1.27. The van der Waals surface area contributed by atoms with Gasteiger partial charge in [-0.25, -0.2) is 0 Å². The monoisotopic (exact) mass is 265 g/mol. The van der Waals surface area contributed by atoms with Gasteiger partial charge in [-0.2, -0.15) is 0 Å². The molecule has 98 valence electrons. The Hall–Kier alpha value is -1.07. The van der Waals surface area contributed by atoms with Gasteiger partial charge in [-0.05, 0) is 24.3 Å². The molecule has 0 amide bonds. The molecule has 0 spiro atoms. The summed E-state index contributed by atoms with van der Waals surface area (Å²) < 4.78 is 5.60. The molecular formula is C13H19N3OS. The van der Waals surface area contributed by atoms with Gasteiger partial charge in [-0.15, -0.1) is 11.3 Å². The van der Waals surface area contributed by atoms with Crippen LogP contribution in [0.25, 0.3) is 0 Å². The van der Waals surface area contributed by atoms with Crippen molar-refractivity contribution in [3.63, 3.8) is 0 Å². The minimum Gasteiger partial charge on any atom is -0.381 e. The van der Waals surface area contributed by atoms with Crippen LogP contribution in [-0.4, -0.2) is 36.7 Å². The predicted molar refractivity (Wildman–Crippen MR) is 73.7 cm³/mol. The zero-order chi connectivity index (χ0) is 12.4. The van der Waals surface area contributed by atoms with E-state index in [9.17, 15) is 0 Å². The van der Waals surface area contributed by atoms with Gasteiger partial charge in [0, 0.05) is 17.4 Å². The van der Waals surface area contributed by atoms with Crippen LogP contribution in [0.15, 0.2) is 22.5 Å². The molecule has 3 heterocycles. The van der Waals surface area contributed by atoms with Crippen molar-refractivity contribution in [3.05, 3.63) is 22.4 Å². The second-order valence-corrected chi connectivity index (χ2v) is 5.98. The number of nitrogens with zero attached hydrogens (tertiary/aromatic N) is 2. The molecule has 3 rings (SSSR count). The normalized spacial score (nSPS) is 28.4. The van der Waals surface area contributed by atoms with Crippen molar-refractivity contribution in [2.45, 2.75) is 25.4 Å². The molecule has 2 unspecified atom stereocenters. The number of hydrogen-bond acceptors (Lipinski definition) is 5. The van der Waals surface area contributed by atoms with Gasteiger partial charge >= 0.3 is 0 Å². The Morgan fingerprint density at radius 2 is 2.50 bits per heavy atom. The van der Waals surface area contributed by atoms with Gasteiger partial charge in [0.05, 0.1) is 25.7 Å².